The first kappa shape index (κ1) is 12.8. The molecule has 0 aromatic carbocycles. The molecule has 2 aromatic heterocycles. The average molecular weight is 265 g/mol. The van der Waals surface area contributed by atoms with Gasteiger partial charge in [0.15, 0.2) is 0 Å². The predicted octanol–water partition coefficient (Wildman–Crippen LogP) is 1.75. The summed E-state index contributed by atoms with van der Waals surface area (Å²) in [5.74, 6) is -0.662. The molecular formula is C11H11N3O5. The van der Waals surface area contributed by atoms with Crippen LogP contribution >= 0.6 is 0 Å². The average Bonchev–Trinajstić information content (AvgIpc) is 2.88. The smallest absolute Gasteiger partial charge is 0.352 e. The fourth-order valence-electron chi connectivity index (χ4n) is 1.80. The van der Waals surface area contributed by atoms with Gasteiger partial charge in [-0.2, -0.15) is 0 Å². The molecule has 0 amide bonds. The van der Waals surface area contributed by atoms with Crippen LogP contribution in [0.4, 0.5) is 5.69 Å². The molecule has 0 saturated carbocycles. The molecule has 8 heteroatoms. The van der Waals surface area contributed by atoms with Gasteiger partial charge in [0.25, 0.3) is 5.69 Å². The molecule has 100 valence electrons. The second kappa shape index (κ2) is 4.56. The number of carboxylic acids is 1. The van der Waals surface area contributed by atoms with E-state index < -0.39 is 10.9 Å². The number of rotatable bonds is 4. The van der Waals surface area contributed by atoms with Crippen molar-refractivity contribution < 1.29 is 19.3 Å². The van der Waals surface area contributed by atoms with E-state index in [0.29, 0.717) is 17.0 Å². The maximum absolute atomic E-state index is 11.1. The maximum Gasteiger partial charge on any atom is 0.352 e. The van der Waals surface area contributed by atoms with Crippen LogP contribution in [0.25, 0.3) is 0 Å². The van der Waals surface area contributed by atoms with Crippen LogP contribution in [0, 0.1) is 24.0 Å². The van der Waals surface area contributed by atoms with Crippen LogP contribution in [-0.2, 0) is 6.54 Å². The Bertz CT molecular complexity index is 636. The van der Waals surface area contributed by atoms with Crippen LogP contribution < -0.4 is 0 Å². The Morgan fingerprint density at radius 2 is 2.26 bits per heavy atom. The van der Waals surface area contributed by atoms with Gasteiger partial charge in [-0.15, -0.1) is 0 Å². The van der Waals surface area contributed by atoms with Gasteiger partial charge in [0, 0.05) is 11.6 Å². The second-order valence-electron chi connectivity index (χ2n) is 4.08. The quantitative estimate of drug-likeness (QED) is 0.665. The van der Waals surface area contributed by atoms with Gasteiger partial charge in [-0.25, -0.2) is 4.79 Å². The SMILES string of the molecule is Cc1noc(C)c1Cn1cc([N+](=O)[O-])cc1C(=O)O. The third kappa shape index (κ3) is 2.32. The molecule has 8 nitrogen and oxygen atoms in total. The third-order valence-corrected chi connectivity index (χ3v) is 2.82. The van der Waals surface area contributed by atoms with Gasteiger partial charge < -0.3 is 14.2 Å². The van der Waals surface area contributed by atoms with Crippen LogP contribution in [0.5, 0.6) is 0 Å². The van der Waals surface area contributed by atoms with Crippen molar-refractivity contribution in [2.45, 2.75) is 20.4 Å². The van der Waals surface area contributed by atoms with Crippen molar-refractivity contribution in [3.05, 3.63) is 45.1 Å². The second-order valence-corrected chi connectivity index (χ2v) is 4.08. The molecule has 0 unspecified atom stereocenters. The molecule has 0 aliphatic heterocycles. The first-order valence-corrected chi connectivity index (χ1v) is 5.39. The molecule has 0 atom stereocenters. The fourth-order valence-corrected chi connectivity index (χ4v) is 1.80. The normalized spacial score (nSPS) is 10.6. The van der Waals surface area contributed by atoms with Crippen LogP contribution in [0.2, 0.25) is 0 Å². The Morgan fingerprint density at radius 1 is 1.58 bits per heavy atom. The summed E-state index contributed by atoms with van der Waals surface area (Å²) in [4.78, 5) is 21.1. The zero-order valence-electron chi connectivity index (χ0n) is 10.3. The summed E-state index contributed by atoms with van der Waals surface area (Å²) in [7, 11) is 0. The first-order chi connectivity index (χ1) is 8.90. The Hall–Kier alpha value is -2.64. The van der Waals surface area contributed by atoms with E-state index in [-0.39, 0.29) is 17.9 Å². The van der Waals surface area contributed by atoms with E-state index in [1.807, 2.05) is 0 Å². The van der Waals surface area contributed by atoms with Crippen LogP contribution in [0.3, 0.4) is 0 Å². The molecule has 0 spiro atoms. The fraction of sp³-hybridized carbons (Fsp3) is 0.273. The van der Waals surface area contributed by atoms with Crippen molar-refractivity contribution in [3.8, 4) is 0 Å². The summed E-state index contributed by atoms with van der Waals surface area (Å²) in [6, 6.07) is 1.03. The number of nitrogens with zero attached hydrogens (tertiary/aromatic N) is 3. The standard InChI is InChI=1S/C11H11N3O5/c1-6-9(7(2)19-12-6)5-13-4-8(14(17)18)3-10(13)11(15)16/h3-4H,5H2,1-2H3,(H,15,16). The summed E-state index contributed by atoms with van der Waals surface area (Å²) in [5, 5.41) is 23.5. The maximum atomic E-state index is 11.1. The molecule has 2 aromatic rings. The van der Waals surface area contributed by atoms with Crippen molar-refractivity contribution in [2.75, 3.05) is 0 Å². The summed E-state index contributed by atoms with van der Waals surface area (Å²) in [5.41, 5.74) is 0.939. The summed E-state index contributed by atoms with van der Waals surface area (Å²) in [6.45, 7) is 3.59. The number of aryl methyl sites for hydroxylation is 2. The number of aromatic nitrogens is 2. The zero-order chi connectivity index (χ0) is 14.2. The lowest BCUT2D eigenvalue weighted by Crippen LogP contribution is -2.09. The van der Waals surface area contributed by atoms with Crippen molar-refractivity contribution in [2.24, 2.45) is 0 Å². The molecule has 0 saturated heterocycles. The molecule has 2 heterocycles. The van der Waals surface area contributed by atoms with E-state index in [2.05, 4.69) is 5.16 Å². The van der Waals surface area contributed by atoms with E-state index in [0.717, 1.165) is 6.07 Å². The lowest BCUT2D eigenvalue weighted by molar-refractivity contribution is -0.384. The first-order valence-electron chi connectivity index (χ1n) is 5.39. The number of carbonyl (C=O) groups is 1. The Labute approximate surface area is 107 Å². The van der Waals surface area contributed by atoms with Crippen LogP contribution in [0.15, 0.2) is 16.8 Å². The number of nitro groups is 1. The number of hydrogen-bond donors (Lipinski definition) is 1. The largest absolute Gasteiger partial charge is 0.477 e. The van der Waals surface area contributed by atoms with Gasteiger partial charge in [-0.3, -0.25) is 10.1 Å². The van der Waals surface area contributed by atoms with Gasteiger partial charge in [-0.05, 0) is 13.8 Å². The zero-order valence-corrected chi connectivity index (χ0v) is 10.3. The minimum atomic E-state index is -1.22. The highest BCUT2D eigenvalue weighted by atomic mass is 16.6. The van der Waals surface area contributed by atoms with E-state index in [4.69, 9.17) is 9.63 Å². The van der Waals surface area contributed by atoms with Gasteiger partial charge >= 0.3 is 5.97 Å². The van der Waals surface area contributed by atoms with Crippen LogP contribution in [-0.4, -0.2) is 25.7 Å². The Balaban J connectivity index is 2.44. The highest BCUT2D eigenvalue weighted by molar-refractivity contribution is 5.87. The highest BCUT2D eigenvalue weighted by Gasteiger charge is 2.20. The lowest BCUT2D eigenvalue weighted by atomic mass is 10.2. The van der Waals surface area contributed by atoms with E-state index in [9.17, 15) is 14.9 Å². The molecule has 1 N–H and O–H groups in total. The third-order valence-electron chi connectivity index (χ3n) is 2.82. The minimum absolute atomic E-state index is 0.147. The molecule has 19 heavy (non-hydrogen) atoms. The molecule has 0 fully saturated rings. The molecular weight excluding hydrogens is 254 g/mol. The molecule has 0 radical (unpaired) electrons. The Kier molecular flexibility index (Phi) is 3.07. The van der Waals surface area contributed by atoms with Crippen molar-refractivity contribution in [3.63, 3.8) is 0 Å². The van der Waals surface area contributed by atoms with E-state index >= 15 is 0 Å². The van der Waals surface area contributed by atoms with Gasteiger partial charge in [0.2, 0.25) is 0 Å². The van der Waals surface area contributed by atoms with E-state index in [1.54, 1.807) is 13.8 Å². The lowest BCUT2D eigenvalue weighted by Gasteiger charge is -2.04. The van der Waals surface area contributed by atoms with Crippen molar-refractivity contribution in [1.82, 2.24) is 9.72 Å². The number of hydrogen-bond acceptors (Lipinski definition) is 5. The Morgan fingerprint density at radius 3 is 2.74 bits per heavy atom. The van der Waals surface area contributed by atoms with Gasteiger partial charge in [-0.1, -0.05) is 5.16 Å². The molecule has 0 aliphatic rings. The number of carboxylic acid groups (broad SMARTS) is 1. The minimum Gasteiger partial charge on any atom is -0.477 e. The predicted molar refractivity (Wildman–Crippen MR) is 63.1 cm³/mol. The monoisotopic (exact) mass is 265 g/mol. The van der Waals surface area contributed by atoms with Crippen molar-refractivity contribution in [1.29, 1.82) is 0 Å². The van der Waals surface area contributed by atoms with Crippen molar-refractivity contribution >= 4 is 11.7 Å². The summed E-state index contributed by atoms with van der Waals surface area (Å²) in [6.07, 6.45) is 1.19. The van der Waals surface area contributed by atoms with Gasteiger partial charge in [0.1, 0.15) is 11.5 Å². The topological polar surface area (TPSA) is 111 Å². The molecule has 0 bridgehead atoms. The van der Waals surface area contributed by atoms with E-state index in [1.165, 1.54) is 10.8 Å². The molecule has 2 rings (SSSR count). The van der Waals surface area contributed by atoms with Crippen LogP contribution in [0.1, 0.15) is 27.5 Å². The summed E-state index contributed by atoms with van der Waals surface area (Å²) < 4.78 is 6.28. The molecule has 0 aliphatic carbocycles. The van der Waals surface area contributed by atoms with Gasteiger partial charge in [0.05, 0.1) is 23.4 Å². The highest BCUT2D eigenvalue weighted by Crippen LogP contribution is 2.20. The summed E-state index contributed by atoms with van der Waals surface area (Å²) >= 11 is 0. The number of aromatic carboxylic acids is 1.